The van der Waals surface area contributed by atoms with Gasteiger partial charge >= 0.3 is 0 Å². The smallest absolute Gasteiger partial charge is 0.245 e. The molecule has 8 heteroatoms. The Labute approximate surface area is 122 Å². The maximum absolute atomic E-state index is 5.85. The monoisotopic (exact) mass is 348 g/mol. The Hall–Kier alpha value is -1.11. The average Bonchev–Trinajstić information content (AvgIpc) is 2.36. The molecule has 0 saturated heterocycles. The molecule has 5 nitrogen and oxygen atoms in total. The van der Waals surface area contributed by atoms with Crippen molar-refractivity contribution in [3.05, 3.63) is 33.1 Å². The van der Waals surface area contributed by atoms with Crippen LogP contribution in [0.5, 0.6) is 5.75 Å². The SMILES string of the molecule is COc1cc(Nc2nc(Cl)nnc2Cl)ccc1Br. The molecule has 1 aromatic carbocycles. The third kappa shape index (κ3) is 3.01. The number of benzene rings is 1. The first-order valence-electron chi connectivity index (χ1n) is 4.76. The molecule has 0 fully saturated rings. The molecule has 18 heavy (non-hydrogen) atoms. The summed E-state index contributed by atoms with van der Waals surface area (Å²) in [6.07, 6.45) is 0. The highest BCUT2D eigenvalue weighted by Gasteiger charge is 2.08. The third-order valence-corrected chi connectivity index (χ3v) is 3.10. The fourth-order valence-electron chi connectivity index (χ4n) is 1.25. The van der Waals surface area contributed by atoms with Gasteiger partial charge in [-0.2, -0.15) is 4.98 Å². The van der Waals surface area contributed by atoms with Gasteiger partial charge in [0.1, 0.15) is 5.75 Å². The minimum Gasteiger partial charge on any atom is -0.495 e. The molecule has 0 atom stereocenters. The number of nitrogens with one attached hydrogen (secondary N) is 1. The van der Waals surface area contributed by atoms with E-state index in [4.69, 9.17) is 27.9 Å². The number of nitrogens with zero attached hydrogens (tertiary/aromatic N) is 3. The van der Waals surface area contributed by atoms with Crippen LogP contribution in [0.3, 0.4) is 0 Å². The van der Waals surface area contributed by atoms with Crippen molar-refractivity contribution in [1.29, 1.82) is 0 Å². The van der Waals surface area contributed by atoms with E-state index in [1.54, 1.807) is 13.2 Å². The second-order valence-corrected chi connectivity index (χ2v) is 4.74. The van der Waals surface area contributed by atoms with Gasteiger partial charge in [0.15, 0.2) is 11.0 Å². The van der Waals surface area contributed by atoms with Gasteiger partial charge in [-0.1, -0.05) is 11.6 Å². The van der Waals surface area contributed by atoms with Crippen LogP contribution in [0, 0.1) is 0 Å². The highest BCUT2D eigenvalue weighted by atomic mass is 79.9. The molecule has 0 aliphatic heterocycles. The first-order chi connectivity index (χ1) is 8.60. The van der Waals surface area contributed by atoms with E-state index < -0.39 is 0 Å². The predicted molar refractivity (Wildman–Crippen MR) is 73.8 cm³/mol. The number of methoxy groups -OCH3 is 1. The zero-order chi connectivity index (χ0) is 13.1. The molecule has 2 aromatic rings. The fourth-order valence-corrected chi connectivity index (χ4v) is 1.91. The summed E-state index contributed by atoms with van der Waals surface area (Å²) in [5.74, 6) is 1.02. The number of hydrogen-bond donors (Lipinski definition) is 1. The summed E-state index contributed by atoms with van der Waals surface area (Å²) in [5, 5.41) is 10.3. The van der Waals surface area contributed by atoms with Crippen molar-refractivity contribution >= 4 is 50.6 Å². The summed E-state index contributed by atoms with van der Waals surface area (Å²) in [7, 11) is 1.58. The number of ether oxygens (including phenoxy) is 1. The van der Waals surface area contributed by atoms with E-state index in [0.717, 1.165) is 10.2 Å². The van der Waals surface area contributed by atoms with Crippen molar-refractivity contribution in [2.75, 3.05) is 12.4 Å². The largest absolute Gasteiger partial charge is 0.495 e. The minimum atomic E-state index is 0.0194. The Kier molecular flexibility index (Phi) is 4.21. The highest BCUT2D eigenvalue weighted by molar-refractivity contribution is 9.10. The van der Waals surface area contributed by atoms with Gasteiger partial charge in [-0.15, -0.1) is 10.2 Å². The van der Waals surface area contributed by atoms with E-state index in [2.05, 4.69) is 36.4 Å². The molecule has 0 spiro atoms. The molecule has 1 heterocycles. The van der Waals surface area contributed by atoms with Crippen LogP contribution in [0.25, 0.3) is 0 Å². The predicted octanol–water partition coefficient (Wildman–Crippen LogP) is 3.69. The van der Waals surface area contributed by atoms with E-state index in [1.165, 1.54) is 0 Å². The Morgan fingerprint density at radius 1 is 1.28 bits per heavy atom. The zero-order valence-corrected chi connectivity index (χ0v) is 12.2. The van der Waals surface area contributed by atoms with E-state index in [0.29, 0.717) is 11.6 Å². The Balaban J connectivity index is 2.31. The molecule has 1 aromatic heterocycles. The van der Waals surface area contributed by atoms with Gasteiger partial charge in [0.25, 0.3) is 0 Å². The maximum atomic E-state index is 5.85. The summed E-state index contributed by atoms with van der Waals surface area (Å²) < 4.78 is 6.03. The van der Waals surface area contributed by atoms with Crippen molar-refractivity contribution in [2.45, 2.75) is 0 Å². The van der Waals surface area contributed by atoms with E-state index >= 15 is 0 Å². The standard InChI is InChI=1S/C10H7BrCl2N4O/c1-18-7-4-5(2-3-6(7)11)14-9-8(12)16-17-10(13)15-9/h2-4H,1H3,(H,14,15,17). The fraction of sp³-hybridized carbons (Fsp3) is 0.100. The third-order valence-electron chi connectivity index (χ3n) is 2.03. The molecular formula is C10H7BrCl2N4O. The summed E-state index contributed by atoms with van der Waals surface area (Å²) in [6.45, 7) is 0. The quantitative estimate of drug-likeness (QED) is 0.915. The van der Waals surface area contributed by atoms with E-state index in [-0.39, 0.29) is 10.4 Å². The zero-order valence-electron chi connectivity index (χ0n) is 9.12. The molecule has 0 radical (unpaired) electrons. The lowest BCUT2D eigenvalue weighted by molar-refractivity contribution is 0.412. The number of aromatic nitrogens is 3. The lowest BCUT2D eigenvalue weighted by Crippen LogP contribution is -1.99. The highest BCUT2D eigenvalue weighted by Crippen LogP contribution is 2.30. The normalized spacial score (nSPS) is 10.2. The van der Waals surface area contributed by atoms with Gasteiger partial charge in [0.2, 0.25) is 5.28 Å². The van der Waals surface area contributed by atoms with Gasteiger partial charge in [-0.25, -0.2) is 0 Å². The molecule has 0 aliphatic rings. The van der Waals surface area contributed by atoms with Crippen LogP contribution in [0.15, 0.2) is 22.7 Å². The van der Waals surface area contributed by atoms with Gasteiger partial charge < -0.3 is 10.1 Å². The first-order valence-corrected chi connectivity index (χ1v) is 6.31. The molecule has 94 valence electrons. The first kappa shape index (κ1) is 13.3. The summed E-state index contributed by atoms with van der Waals surface area (Å²) in [4.78, 5) is 3.94. The average molecular weight is 350 g/mol. The molecule has 0 aliphatic carbocycles. The van der Waals surface area contributed by atoms with Crippen molar-refractivity contribution < 1.29 is 4.74 Å². The van der Waals surface area contributed by atoms with E-state index in [9.17, 15) is 0 Å². The lowest BCUT2D eigenvalue weighted by Gasteiger charge is -2.09. The number of hydrogen-bond acceptors (Lipinski definition) is 5. The molecular weight excluding hydrogens is 343 g/mol. The number of halogens is 3. The van der Waals surface area contributed by atoms with Crippen LogP contribution in [0.2, 0.25) is 10.4 Å². The van der Waals surface area contributed by atoms with Gasteiger partial charge in [0.05, 0.1) is 11.6 Å². The molecule has 0 unspecified atom stereocenters. The summed E-state index contributed by atoms with van der Waals surface area (Å²) >= 11 is 14.9. The van der Waals surface area contributed by atoms with Crippen LogP contribution < -0.4 is 10.1 Å². The Morgan fingerprint density at radius 3 is 2.78 bits per heavy atom. The van der Waals surface area contributed by atoms with Gasteiger partial charge in [-0.05, 0) is 39.7 Å². The maximum Gasteiger partial charge on any atom is 0.245 e. The number of rotatable bonds is 3. The molecule has 0 bridgehead atoms. The van der Waals surface area contributed by atoms with Crippen molar-refractivity contribution in [2.24, 2.45) is 0 Å². The van der Waals surface area contributed by atoms with Crippen LogP contribution in [0.4, 0.5) is 11.5 Å². The molecule has 0 saturated carbocycles. The summed E-state index contributed by atoms with van der Waals surface area (Å²) in [5.41, 5.74) is 0.744. The lowest BCUT2D eigenvalue weighted by atomic mass is 10.3. The minimum absolute atomic E-state index is 0.0194. The van der Waals surface area contributed by atoms with Crippen LogP contribution in [0.1, 0.15) is 0 Å². The van der Waals surface area contributed by atoms with Crippen molar-refractivity contribution in [3.8, 4) is 5.75 Å². The van der Waals surface area contributed by atoms with Gasteiger partial charge in [0, 0.05) is 11.8 Å². The molecule has 0 amide bonds. The van der Waals surface area contributed by atoms with Gasteiger partial charge in [-0.3, -0.25) is 0 Å². The number of anilines is 2. The Bertz CT molecular complexity index is 582. The van der Waals surface area contributed by atoms with E-state index in [1.807, 2.05) is 12.1 Å². The molecule has 1 N–H and O–H groups in total. The van der Waals surface area contributed by atoms with Crippen LogP contribution in [-0.2, 0) is 0 Å². The van der Waals surface area contributed by atoms with Crippen molar-refractivity contribution in [1.82, 2.24) is 15.2 Å². The molecule has 2 rings (SSSR count). The second kappa shape index (κ2) is 5.69. The van der Waals surface area contributed by atoms with Crippen LogP contribution in [-0.4, -0.2) is 22.3 Å². The van der Waals surface area contributed by atoms with Crippen LogP contribution >= 0.6 is 39.1 Å². The topological polar surface area (TPSA) is 59.9 Å². The Morgan fingerprint density at radius 2 is 2.06 bits per heavy atom. The summed E-state index contributed by atoms with van der Waals surface area (Å²) in [6, 6.07) is 5.46. The second-order valence-electron chi connectivity index (χ2n) is 3.19. The van der Waals surface area contributed by atoms with Crippen molar-refractivity contribution in [3.63, 3.8) is 0 Å².